The van der Waals surface area contributed by atoms with Crippen LogP contribution in [0, 0.1) is 12.7 Å². The molecule has 1 N–H and O–H groups in total. The van der Waals surface area contributed by atoms with E-state index in [2.05, 4.69) is 5.32 Å². The van der Waals surface area contributed by atoms with Gasteiger partial charge in [0.2, 0.25) is 0 Å². The molecule has 114 valence electrons. The monoisotopic (exact) mass is 301 g/mol. The van der Waals surface area contributed by atoms with Crippen LogP contribution in [0.1, 0.15) is 22.8 Å². The molecule has 0 aliphatic carbocycles. The third-order valence-electron chi connectivity index (χ3n) is 3.07. The number of anilines is 1. The van der Waals surface area contributed by atoms with Crippen LogP contribution in [-0.4, -0.2) is 18.0 Å². The second-order valence-corrected chi connectivity index (χ2v) is 4.88. The number of rotatable bonds is 4. The van der Waals surface area contributed by atoms with Crippen molar-refractivity contribution in [3.63, 3.8) is 0 Å². The molecule has 2 aromatic rings. The number of ether oxygens (including phenoxy) is 1. The SMILES string of the molecule is Cc1ccc(C(=O)O[C@H](C)C(=O)Nc2ccccc2F)cc1. The lowest BCUT2D eigenvalue weighted by Crippen LogP contribution is -2.30. The molecule has 5 heteroatoms. The van der Waals surface area contributed by atoms with E-state index >= 15 is 0 Å². The molecule has 0 bridgehead atoms. The molecule has 0 heterocycles. The molecule has 0 aromatic heterocycles. The summed E-state index contributed by atoms with van der Waals surface area (Å²) in [5.74, 6) is -1.74. The van der Waals surface area contributed by atoms with Gasteiger partial charge in [-0.2, -0.15) is 0 Å². The van der Waals surface area contributed by atoms with Gasteiger partial charge in [0.15, 0.2) is 6.10 Å². The van der Waals surface area contributed by atoms with Crippen LogP contribution in [0.3, 0.4) is 0 Å². The maximum Gasteiger partial charge on any atom is 0.338 e. The molecule has 0 unspecified atom stereocenters. The summed E-state index contributed by atoms with van der Waals surface area (Å²) in [5, 5.41) is 2.38. The van der Waals surface area contributed by atoms with E-state index < -0.39 is 23.8 Å². The van der Waals surface area contributed by atoms with Crippen LogP contribution in [0.5, 0.6) is 0 Å². The van der Waals surface area contributed by atoms with Crippen molar-refractivity contribution in [2.75, 3.05) is 5.32 Å². The normalized spacial score (nSPS) is 11.6. The molecule has 0 radical (unpaired) electrons. The molecule has 0 spiro atoms. The minimum atomic E-state index is -1.03. The number of halogens is 1. The molecule has 4 nitrogen and oxygen atoms in total. The summed E-state index contributed by atoms with van der Waals surface area (Å²) in [6, 6.07) is 12.6. The van der Waals surface area contributed by atoms with Crippen LogP contribution in [0.25, 0.3) is 0 Å². The molecule has 0 aliphatic rings. The lowest BCUT2D eigenvalue weighted by molar-refractivity contribution is -0.123. The maximum absolute atomic E-state index is 13.5. The van der Waals surface area contributed by atoms with Crippen molar-refractivity contribution in [3.8, 4) is 0 Å². The zero-order valence-corrected chi connectivity index (χ0v) is 12.3. The Kier molecular flexibility index (Phi) is 4.88. The van der Waals surface area contributed by atoms with Gasteiger partial charge in [-0.3, -0.25) is 4.79 Å². The maximum atomic E-state index is 13.5. The van der Waals surface area contributed by atoms with Crippen molar-refractivity contribution in [2.45, 2.75) is 20.0 Å². The number of esters is 1. The number of carbonyl (C=O) groups excluding carboxylic acids is 2. The van der Waals surface area contributed by atoms with Crippen molar-refractivity contribution in [1.82, 2.24) is 0 Å². The minimum Gasteiger partial charge on any atom is -0.449 e. The predicted octanol–water partition coefficient (Wildman–Crippen LogP) is 3.32. The summed E-state index contributed by atoms with van der Waals surface area (Å²) >= 11 is 0. The van der Waals surface area contributed by atoms with Gasteiger partial charge in [-0.1, -0.05) is 29.8 Å². The van der Waals surface area contributed by atoms with Crippen LogP contribution in [0.4, 0.5) is 10.1 Å². The van der Waals surface area contributed by atoms with Gasteiger partial charge in [0.1, 0.15) is 5.82 Å². The Balaban J connectivity index is 1.98. The summed E-state index contributed by atoms with van der Waals surface area (Å²) in [4.78, 5) is 23.8. The van der Waals surface area contributed by atoms with E-state index in [4.69, 9.17) is 4.74 Å². The molecular formula is C17H16FNO3. The molecule has 0 aliphatic heterocycles. The third kappa shape index (κ3) is 3.91. The first-order valence-corrected chi connectivity index (χ1v) is 6.80. The van der Waals surface area contributed by atoms with E-state index in [1.807, 2.05) is 6.92 Å². The van der Waals surface area contributed by atoms with E-state index in [0.717, 1.165) is 5.56 Å². The smallest absolute Gasteiger partial charge is 0.338 e. The van der Waals surface area contributed by atoms with E-state index in [0.29, 0.717) is 5.56 Å². The Morgan fingerprint density at radius 1 is 1.09 bits per heavy atom. The summed E-state index contributed by atoms with van der Waals surface area (Å²) in [5.41, 5.74) is 1.42. The van der Waals surface area contributed by atoms with Crippen LogP contribution >= 0.6 is 0 Å². The lowest BCUT2D eigenvalue weighted by atomic mass is 10.1. The molecular weight excluding hydrogens is 285 g/mol. The van der Waals surface area contributed by atoms with Crippen molar-refractivity contribution >= 4 is 17.6 Å². The highest BCUT2D eigenvalue weighted by molar-refractivity contribution is 5.97. The lowest BCUT2D eigenvalue weighted by Gasteiger charge is -2.14. The number of hydrogen-bond donors (Lipinski definition) is 1. The number of amides is 1. The number of nitrogens with one attached hydrogen (secondary N) is 1. The quantitative estimate of drug-likeness (QED) is 0.881. The fraction of sp³-hybridized carbons (Fsp3) is 0.176. The molecule has 2 rings (SSSR count). The van der Waals surface area contributed by atoms with Gasteiger partial charge in [0.25, 0.3) is 5.91 Å². The molecule has 2 aromatic carbocycles. The Labute approximate surface area is 127 Å². The standard InChI is InChI=1S/C17H16FNO3/c1-11-7-9-13(10-8-11)17(21)22-12(2)16(20)19-15-6-4-3-5-14(15)18/h3-10,12H,1-2H3,(H,19,20)/t12-/m1/s1. The van der Waals surface area contributed by atoms with Gasteiger partial charge < -0.3 is 10.1 Å². The molecule has 0 fully saturated rings. The van der Waals surface area contributed by atoms with Crippen molar-refractivity contribution in [1.29, 1.82) is 0 Å². The predicted molar refractivity (Wildman–Crippen MR) is 81.1 cm³/mol. The first-order valence-electron chi connectivity index (χ1n) is 6.80. The molecule has 0 saturated carbocycles. The third-order valence-corrected chi connectivity index (χ3v) is 3.07. The molecule has 1 atom stereocenters. The first kappa shape index (κ1) is 15.7. The van der Waals surface area contributed by atoms with Crippen LogP contribution in [0.15, 0.2) is 48.5 Å². The summed E-state index contributed by atoms with van der Waals surface area (Å²) in [7, 11) is 0. The fourth-order valence-electron chi connectivity index (χ4n) is 1.77. The van der Waals surface area contributed by atoms with Crippen molar-refractivity contribution in [2.24, 2.45) is 0 Å². The van der Waals surface area contributed by atoms with Gasteiger partial charge in [-0.05, 0) is 38.1 Å². The zero-order chi connectivity index (χ0) is 16.1. The first-order chi connectivity index (χ1) is 10.5. The van der Waals surface area contributed by atoms with Crippen LogP contribution in [-0.2, 0) is 9.53 Å². The zero-order valence-electron chi connectivity index (χ0n) is 12.3. The van der Waals surface area contributed by atoms with Gasteiger partial charge in [0, 0.05) is 0 Å². The van der Waals surface area contributed by atoms with Crippen LogP contribution in [0.2, 0.25) is 0 Å². The van der Waals surface area contributed by atoms with Crippen LogP contribution < -0.4 is 5.32 Å². The largest absolute Gasteiger partial charge is 0.449 e. The van der Waals surface area contributed by atoms with E-state index in [1.165, 1.54) is 25.1 Å². The van der Waals surface area contributed by atoms with E-state index in [1.54, 1.807) is 30.3 Å². The van der Waals surface area contributed by atoms with Gasteiger partial charge >= 0.3 is 5.97 Å². The Hall–Kier alpha value is -2.69. The summed E-state index contributed by atoms with van der Waals surface area (Å²) < 4.78 is 18.5. The average molecular weight is 301 g/mol. The Morgan fingerprint density at radius 3 is 2.36 bits per heavy atom. The molecule has 1 amide bonds. The average Bonchev–Trinajstić information content (AvgIpc) is 2.50. The number of aryl methyl sites for hydroxylation is 1. The topological polar surface area (TPSA) is 55.4 Å². The number of carbonyl (C=O) groups is 2. The van der Waals surface area contributed by atoms with Gasteiger partial charge in [-0.25, -0.2) is 9.18 Å². The molecule has 0 saturated heterocycles. The van der Waals surface area contributed by atoms with Gasteiger partial charge in [0.05, 0.1) is 11.3 Å². The van der Waals surface area contributed by atoms with Crippen molar-refractivity contribution in [3.05, 3.63) is 65.5 Å². The number of hydrogen-bond acceptors (Lipinski definition) is 3. The van der Waals surface area contributed by atoms with E-state index in [9.17, 15) is 14.0 Å². The summed E-state index contributed by atoms with van der Waals surface area (Å²) in [6.07, 6.45) is -1.03. The second-order valence-electron chi connectivity index (χ2n) is 4.88. The molecule has 22 heavy (non-hydrogen) atoms. The summed E-state index contributed by atoms with van der Waals surface area (Å²) in [6.45, 7) is 3.34. The van der Waals surface area contributed by atoms with Crippen molar-refractivity contribution < 1.29 is 18.7 Å². The van der Waals surface area contributed by atoms with Gasteiger partial charge in [-0.15, -0.1) is 0 Å². The number of para-hydroxylation sites is 1. The van der Waals surface area contributed by atoms with E-state index in [-0.39, 0.29) is 5.69 Å². The highest BCUT2D eigenvalue weighted by Gasteiger charge is 2.19. The number of benzene rings is 2. The highest BCUT2D eigenvalue weighted by Crippen LogP contribution is 2.13. The second kappa shape index (κ2) is 6.85. The Bertz CT molecular complexity index is 683. The highest BCUT2D eigenvalue weighted by atomic mass is 19.1. The fourth-order valence-corrected chi connectivity index (χ4v) is 1.77. The Morgan fingerprint density at radius 2 is 1.73 bits per heavy atom. The minimum absolute atomic E-state index is 0.0470.